The van der Waals surface area contributed by atoms with Crippen LogP contribution in [-0.4, -0.2) is 29.7 Å². The van der Waals surface area contributed by atoms with Crippen molar-refractivity contribution in [2.24, 2.45) is 0 Å². The Kier molecular flexibility index (Phi) is 6.23. The summed E-state index contributed by atoms with van der Waals surface area (Å²) in [6.45, 7) is 2.80. The Morgan fingerprint density at radius 3 is 2.44 bits per heavy atom. The van der Waals surface area contributed by atoms with Crippen LogP contribution >= 0.6 is 27.7 Å². The number of nitrogens with zero attached hydrogens (tertiary/aromatic N) is 1. The molecule has 5 nitrogen and oxygen atoms in total. The number of hydrogen-bond acceptors (Lipinski definition) is 5. The number of ether oxygens (including phenoxy) is 2. The monoisotopic (exact) mass is 447 g/mol. The van der Waals surface area contributed by atoms with Crippen LogP contribution in [0, 0.1) is 0 Å². The Labute approximate surface area is 170 Å². The van der Waals surface area contributed by atoms with Gasteiger partial charge in [0.05, 0.1) is 11.5 Å². The highest BCUT2D eigenvalue weighted by Gasteiger charge is 2.31. The van der Waals surface area contributed by atoms with Gasteiger partial charge in [0.1, 0.15) is 6.61 Å². The molecule has 1 heterocycles. The van der Waals surface area contributed by atoms with Gasteiger partial charge in [0.15, 0.2) is 11.5 Å². The van der Waals surface area contributed by atoms with Crippen molar-refractivity contribution in [2.75, 3.05) is 13.7 Å². The molecule has 0 unspecified atom stereocenters. The van der Waals surface area contributed by atoms with Crippen LogP contribution in [0.2, 0.25) is 0 Å². The first-order valence-corrected chi connectivity index (χ1v) is 9.94. The van der Waals surface area contributed by atoms with Crippen molar-refractivity contribution < 1.29 is 19.1 Å². The maximum atomic E-state index is 12.0. The summed E-state index contributed by atoms with van der Waals surface area (Å²) in [6, 6.07) is 13.4. The third-order valence-corrected chi connectivity index (χ3v) is 5.35. The molecule has 0 aromatic heterocycles. The van der Waals surface area contributed by atoms with Crippen LogP contribution in [0.1, 0.15) is 18.1 Å². The molecule has 0 atom stereocenters. The zero-order valence-corrected chi connectivity index (χ0v) is 17.3. The Morgan fingerprint density at radius 1 is 1.07 bits per heavy atom. The van der Waals surface area contributed by atoms with Crippen molar-refractivity contribution in [2.45, 2.75) is 13.5 Å². The van der Waals surface area contributed by atoms with Crippen LogP contribution in [0.3, 0.4) is 0 Å². The van der Waals surface area contributed by atoms with E-state index in [1.54, 1.807) is 6.08 Å². The Balaban J connectivity index is 1.79. The van der Waals surface area contributed by atoms with Crippen LogP contribution in [-0.2, 0) is 11.4 Å². The molecule has 1 saturated heterocycles. The molecule has 0 spiro atoms. The fourth-order valence-corrected chi connectivity index (χ4v) is 3.53. The van der Waals surface area contributed by atoms with Gasteiger partial charge in [-0.15, -0.1) is 0 Å². The van der Waals surface area contributed by atoms with E-state index in [4.69, 9.17) is 9.47 Å². The number of thioether (sulfide) groups is 1. The molecule has 1 aliphatic heterocycles. The van der Waals surface area contributed by atoms with Crippen LogP contribution in [0.25, 0.3) is 6.08 Å². The fourth-order valence-electron chi connectivity index (χ4n) is 2.44. The van der Waals surface area contributed by atoms with Crippen LogP contribution in [0.15, 0.2) is 51.8 Å². The van der Waals surface area contributed by atoms with Gasteiger partial charge < -0.3 is 9.47 Å². The molecule has 0 N–H and O–H groups in total. The van der Waals surface area contributed by atoms with E-state index in [9.17, 15) is 9.59 Å². The summed E-state index contributed by atoms with van der Waals surface area (Å²) >= 11 is 4.34. The lowest BCUT2D eigenvalue weighted by Gasteiger charge is -2.13. The first-order chi connectivity index (χ1) is 13.0. The molecule has 0 saturated carbocycles. The summed E-state index contributed by atoms with van der Waals surface area (Å²) in [6.07, 6.45) is 1.69. The predicted octanol–water partition coefficient (Wildman–Crippen LogP) is 5.09. The van der Waals surface area contributed by atoms with Gasteiger partial charge in [0.2, 0.25) is 0 Å². The number of halogens is 1. The van der Waals surface area contributed by atoms with Gasteiger partial charge in [-0.2, -0.15) is 0 Å². The summed E-state index contributed by atoms with van der Waals surface area (Å²) in [5.41, 5.74) is 1.81. The average molecular weight is 448 g/mol. The van der Waals surface area contributed by atoms with Gasteiger partial charge in [-0.25, -0.2) is 0 Å². The van der Waals surface area contributed by atoms with E-state index >= 15 is 0 Å². The Morgan fingerprint density at radius 2 is 1.81 bits per heavy atom. The van der Waals surface area contributed by atoms with Crippen molar-refractivity contribution in [1.29, 1.82) is 0 Å². The molecular weight excluding hydrogens is 430 g/mol. The first-order valence-electron chi connectivity index (χ1n) is 8.33. The Bertz CT molecular complexity index is 895. The molecule has 0 aliphatic carbocycles. The lowest BCUT2D eigenvalue weighted by molar-refractivity contribution is -0.121. The molecule has 0 bridgehead atoms. The van der Waals surface area contributed by atoms with Crippen molar-refractivity contribution in [3.8, 4) is 11.5 Å². The van der Waals surface area contributed by atoms with Gasteiger partial charge in [-0.3, -0.25) is 14.5 Å². The van der Waals surface area contributed by atoms with E-state index in [0.29, 0.717) is 29.6 Å². The summed E-state index contributed by atoms with van der Waals surface area (Å²) in [5, 5.41) is -0.272. The maximum absolute atomic E-state index is 12.0. The minimum absolute atomic E-state index is 0.272. The number of rotatable bonds is 6. The summed E-state index contributed by atoms with van der Waals surface area (Å²) < 4.78 is 12.6. The Hall–Kier alpha value is -2.25. The molecule has 2 amide bonds. The number of amides is 2. The summed E-state index contributed by atoms with van der Waals surface area (Å²) in [7, 11) is 1.48. The highest BCUT2D eigenvalue weighted by atomic mass is 79.9. The minimum atomic E-state index is -0.293. The minimum Gasteiger partial charge on any atom is -0.490 e. The number of benzene rings is 2. The average Bonchev–Trinajstić information content (AvgIpc) is 2.89. The van der Waals surface area contributed by atoms with Crippen LogP contribution < -0.4 is 9.47 Å². The molecule has 27 heavy (non-hydrogen) atoms. The lowest BCUT2D eigenvalue weighted by Crippen LogP contribution is -2.22. The highest BCUT2D eigenvalue weighted by molar-refractivity contribution is 9.10. The summed E-state index contributed by atoms with van der Waals surface area (Å²) in [5.74, 6) is 0.929. The van der Waals surface area contributed by atoms with Crippen molar-refractivity contribution in [3.63, 3.8) is 0 Å². The molecule has 1 fully saturated rings. The number of imide groups is 1. The second-order valence-electron chi connectivity index (χ2n) is 5.80. The molecule has 0 radical (unpaired) electrons. The quantitative estimate of drug-likeness (QED) is 0.576. The zero-order chi connectivity index (χ0) is 19.4. The number of carbonyl (C=O) groups is 2. The molecular formula is C20H18BrNO4S. The SMILES string of the molecule is CCOc1cc(/C=C2\SC(=O)N(C)C2=O)ccc1OCc1ccc(Br)cc1. The molecule has 3 rings (SSSR count). The van der Waals surface area contributed by atoms with Crippen molar-refractivity contribution in [3.05, 3.63) is 63.0 Å². The van der Waals surface area contributed by atoms with Crippen molar-refractivity contribution >= 4 is 44.9 Å². The zero-order valence-electron chi connectivity index (χ0n) is 14.9. The third-order valence-electron chi connectivity index (χ3n) is 3.86. The van der Waals surface area contributed by atoms with E-state index < -0.39 is 0 Å². The van der Waals surface area contributed by atoms with Gasteiger partial charge in [0, 0.05) is 11.5 Å². The van der Waals surface area contributed by atoms with Gasteiger partial charge in [-0.1, -0.05) is 34.1 Å². The van der Waals surface area contributed by atoms with E-state index in [1.165, 1.54) is 7.05 Å². The first kappa shape index (κ1) is 19.5. The van der Waals surface area contributed by atoms with E-state index in [-0.39, 0.29) is 11.1 Å². The smallest absolute Gasteiger partial charge is 0.293 e. The maximum Gasteiger partial charge on any atom is 0.293 e. The van der Waals surface area contributed by atoms with E-state index in [2.05, 4.69) is 15.9 Å². The predicted molar refractivity (Wildman–Crippen MR) is 110 cm³/mol. The third kappa shape index (κ3) is 4.73. The van der Waals surface area contributed by atoms with E-state index in [1.807, 2.05) is 49.4 Å². The van der Waals surface area contributed by atoms with Gasteiger partial charge >= 0.3 is 0 Å². The summed E-state index contributed by atoms with van der Waals surface area (Å²) in [4.78, 5) is 25.2. The normalized spacial score (nSPS) is 15.5. The lowest BCUT2D eigenvalue weighted by atomic mass is 10.1. The van der Waals surface area contributed by atoms with Gasteiger partial charge in [0.25, 0.3) is 11.1 Å². The van der Waals surface area contributed by atoms with E-state index in [0.717, 1.165) is 32.3 Å². The number of carbonyl (C=O) groups excluding carboxylic acids is 2. The second-order valence-corrected chi connectivity index (χ2v) is 7.70. The molecule has 2 aromatic rings. The molecule has 1 aliphatic rings. The topological polar surface area (TPSA) is 55.8 Å². The molecule has 7 heteroatoms. The van der Waals surface area contributed by atoms with Crippen LogP contribution in [0.5, 0.6) is 11.5 Å². The van der Waals surface area contributed by atoms with Crippen LogP contribution in [0.4, 0.5) is 4.79 Å². The molecule has 140 valence electrons. The number of hydrogen-bond donors (Lipinski definition) is 0. The largest absolute Gasteiger partial charge is 0.490 e. The second kappa shape index (κ2) is 8.63. The standard InChI is InChI=1S/C20H18BrNO4S/c1-3-25-17-10-14(11-18-19(23)22(2)20(24)27-18)6-9-16(17)26-12-13-4-7-15(21)8-5-13/h4-11H,3,12H2,1-2H3/b18-11-. The number of likely N-dealkylation sites (N-methyl/N-ethyl adjacent to an activating group) is 1. The van der Waals surface area contributed by atoms with Crippen molar-refractivity contribution in [1.82, 2.24) is 4.90 Å². The molecule has 2 aromatic carbocycles. The fraction of sp³-hybridized carbons (Fsp3) is 0.200. The highest BCUT2D eigenvalue weighted by Crippen LogP contribution is 2.34. The van der Waals surface area contributed by atoms with Gasteiger partial charge in [-0.05, 0) is 60.2 Å².